The summed E-state index contributed by atoms with van der Waals surface area (Å²) >= 11 is 0. The van der Waals surface area contributed by atoms with Crippen LogP contribution in [0.5, 0.6) is 5.88 Å². The molecular formula is C22H23FN8O. The average molecular weight is 434 g/mol. The van der Waals surface area contributed by atoms with E-state index >= 15 is 0 Å². The number of anilines is 1. The summed E-state index contributed by atoms with van der Waals surface area (Å²) in [5.74, 6) is 0.0158. The maximum atomic E-state index is 14.2. The topological polar surface area (TPSA) is 151 Å². The summed E-state index contributed by atoms with van der Waals surface area (Å²) in [6.07, 6.45) is 1.06. The standard InChI is InChI=1S/C22H23FN8O/c1-11-20-17(29-22(26)27-11)8-12(9-18(20)30-31-21(24)25)14-7-6-13(23)10-15(14)16-4-3-5-19(28-16)32-2/h3-7,10,12H,8-9H2,1-2H3,(H4,24,25,31)(H2,26,27,29)/b30-18+. The summed E-state index contributed by atoms with van der Waals surface area (Å²) in [6.45, 7) is 1.84. The lowest BCUT2D eigenvalue weighted by molar-refractivity contribution is 0.398. The van der Waals surface area contributed by atoms with Gasteiger partial charge in [0.2, 0.25) is 17.8 Å². The van der Waals surface area contributed by atoms with Crippen molar-refractivity contribution in [2.75, 3.05) is 12.8 Å². The molecule has 0 amide bonds. The summed E-state index contributed by atoms with van der Waals surface area (Å²) in [6, 6.07) is 10.0. The number of aromatic nitrogens is 3. The third-order valence-electron chi connectivity index (χ3n) is 5.30. The molecule has 0 bridgehead atoms. The largest absolute Gasteiger partial charge is 0.481 e. The lowest BCUT2D eigenvalue weighted by Gasteiger charge is -2.27. The molecule has 0 saturated carbocycles. The van der Waals surface area contributed by atoms with E-state index in [4.69, 9.17) is 21.9 Å². The maximum Gasteiger partial charge on any atom is 0.220 e. The van der Waals surface area contributed by atoms with Crippen LogP contribution >= 0.6 is 0 Å². The second-order valence-electron chi connectivity index (χ2n) is 7.46. The first-order valence-electron chi connectivity index (χ1n) is 9.95. The zero-order valence-electron chi connectivity index (χ0n) is 17.7. The fourth-order valence-corrected chi connectivity index (χ4v) is 4.03. The van der Waals surface area contributed by atoms with Crippen LogP contribution in [0.2, 0.25) is 0 Å². The van der Waals surface area contributed by atoms with Crippen molar-refractivity contribution in [2.24, 2.45) is 21.7 Å². The minimum atomic E-state index is -0.360. The Morgan fingerprint density at radius 2 is 1.94 bits per heavy atom. The molecule has 164 valence electrons. The van der Waals surface area contributed by atoms with Crippen molar-refractivity contribution in [3.8, 4) is 17.1 Å². The summed E-state index contributed by atoms with van der Waals surface area (Å²) in [5.41, 5.74) is 21.9. The number of fused-ring (bicyclic) bond motifs is 1. The minimum absolute atomic E-state index is 0.0900. The highest BCUT2D eigenvalue weighted by Gasteiger charge is 2.30. The third-order valence-corrected chi connectivity index (χ3v) is 5.30. The second kappa shape index (κ2) is 8.58. The molecular weight excluding hydrogens is 411 g/mol. The predicted molar refractivity (Wildman–Crippen MR) is 121 cm³/mol. The molecule has 0 fully saturated rings. The number of halogens is 1. The number of hydrogen-bond acceptors (Lipinski definition) is 7. The van der Waals surface area contributed by atoms with E-state index in [1.165, 1.54) is 19.2 Å². The van der Waals surface area contributed by atoms with Gasteiger partial charge < -0.3 is 21.9 Å². The number of nitrogens with two attached hydrogens (primary N) is 3. The van der Waals surface area contributed by atoms with E-state index in [2.05, 4.69) is 25.2 Å². The molecule has 2 heterocycles. The third kappa shape index (κ3) is 4.20. The number of nitrogens with zero attached hydrogens (tertiary/aromatic N) is 5. The Balaban J connectivity index is 1.86. The molecule has 3 aromatic rings. The van der Waals surface area contributed by atoms with Gasteiger partial charge in [0.1, 0.15) is 5.82 Å². The van der Waals surface area contributed by atoms with Crippen molar-refractivity contribution in [2.45, 2.75) is 25.7 Å². The molecule has 1 aliphatic rings. The van der Waals surface area contributed by atoms with E-state index in [1.54, 1.807) is 12.1 Å². The molecule has 1 aromatic carbocycles. The van der Waals surface area contributed by atoms with Crippen LogP contribution in [-0.2, 0) is 6.42 Å². The first-order valence-corrected chi connectivity index (χ1v) is 9.95. The monoisotopic (exact) mass is 434 g/mol. The Labute approximate surface area is 184 Å². The van der Waals surface area contributed by atoms with E-state index in [0.717, 1.165) is 16.8 Å². The SMILES string of the molecule is COc1cccc(-c2cc(F)ccc2C2C/C(=N\N=C(N)N)c3c(C)nc(N)nc3C2)n1. The van der Waals surface area contributed by atoms with Gasteiger partial charge in [-0.1, -0.05) is 12.1 Å². The van der Waals surface area contributed by atoms with Crippen molar-refractivity contribution in [3.63, 3.8) is 0 Å². The number of rotatable bonds is 4. The Hall–Kier alpha value is -4.08. The molecule has 10 heteroatoms. The highest BCUT2D eigenvalue weighted by molar-refractivity contribution is 6.04. The lowest BCUT2D eigenvalue weighted by atomic mass is 9.78. The van der Waals surface area contributed by atoms with Crippen LogP contribution in [0.4, 0.5) is 10.3 Å². The Morgan fingerprint density at radius 3 is 2.69 bits per heavy atom. The molecule has 2 aromatic heterocycles. The van der Waals surface area contributed by atoms with Gasteiger partial charge in [0.05, 0.1) is 29.9 Å². The van der Waals surface area contributed by atoms with Gasteiger partial charge >= 0.3 is 0 Å². The van der Waals surface area contributed by atoms with Gasteiger partial charge in [-0.2, -0.15) is 5.10 Å². The first-order chi connectivity index (χ1) is 15.4. The molecule has 0 saturated heterocycles. The highest BCUT2D eigenvalue weighted by atomic mass is 19.1. The zero-order valence-corrected chi connectivity index (χ0v) is 17.7. The second-order valence-corrected chi connectivity index (χ2v) is 7.46. The van der Waals surface area contributed by atoms with Gasteiger partial charge in [-0.15, -0.1) is 5.10 Å². The van der Waals surface area contributed by atoms with Gasteiger partial charge in [0.25, 0.3) is 0 Å². The van der Waals surface area contributed by atoms with Crippen LogP contribution < -0.4 is 21.9 Å². The number of methoxy groups -OCH3 is 1. The summed E-state index contributed by atoms with van der Waals surface area (Å²) in [4.78, 5) is 13.2. The smallest absolute Gasteiger partial charge is 0.220 e. The van der Waals surface area contributed by atoms with Gasteiger partial charge in [-0.25, -0.2) is 19.3 Å². The molecule has 1 atom stereocenters. The normalized spacial score (nSPS) is 16.5. The van der Waals surface area contributed by atoms with Crippen LogP contribution in [0.25, 0.3) is 11.3 Å². The van der Waals surface area contributed by atoms with Crippen LogP contribution in [0.1, 0.15) is 34.9 Å². The van der Waals surface area contributed by atoms with E-state index in [-0.39, 0.29) is 23.6 Å². The maximum absolute atomic E-state index is 14.2. The molecule has 32 heavy (non-hydrogen) atoms. The van der Waals surface area contributed by atoms with Crippen molar-refractivity contribution < 1.29 is 9.13 Å². The Morgan fingerprint density at radius 1 is 1.12 bits per heavy atom. The number of nitrogen functional groups attached to an aromatic ring is 1. The van der Waals surface area contributed by atoms with Gasteiger partial charge in [0.15, 0.2) is 0 Å². The van der Waals surface area contributed by atoms with Crippen LogP contribution in [0.15, 0.2) is 46.6 Å². The van der Waals surface area contributed by atoms with Crippen LogP contribution in [-0.4, -0.2) is 33.7 Å². The summed E-state index contributed by atoms with van der Waals surface area (Å²) in [5, 5.41) is 8.10. The van der Waals surface area contributed by atoms with Gasteiger partial charge in [-0.3, -0.25) is 0 Å². The Bertz CT molecular complexity index is 1240. The zero-order chi connectivity index (χ0) is 22.8. The number of ether oxygens (including phenoxy) is 1. The summed E-state index contributed by atoms with van der Waals surface area (Å²) in [7, 11) is 1.54. The molecule has 0 aliphatic heterocycles. The number of benzene rings is 1. The van der Waals surface area contributed by atoms with Crippen molar-refractivity contribution in [3.05, 3.63) is 64.7 Å². The number of guanidine groups is 1. The van der Waals surface area contributed by atoms with E-state index in [0.29, 0.717) is 41.4 Å². The van der Waals surface area contributed by atoms with E-state index < -0.39 is 0 Å². The highest BCUT2D eigenvalue weighted by Crippen LogP contribution is 2.38. The molecule has 4 rings (SSSR count). The summed E-state index contributed by atoms with van der Waals surface area (Å²) < 4.78 is 19.5. The fourth-order valence-electron chi connectivity index (χ4n) is 4.03. The molecule has 0 radical (unpaired) electrons. The first kappa shape index (κ1) is 21.2. The lowest BCUT2D eigenvalue weighted by Crippen LogP contribution is -2.25. The number of aryl methyl sites for hydroxylation is 1. The van der Waals surface area contributed by atoms with Crippen molar-refractivity contribution in [1.29, 1.82) is 0 Å². The molecule has 1 unspecified atom stereocenters. The minimum Gasteiger partial charge on any atom is -0.481 e. The average Bonchev–Trinajstić information content (AvgIpc) is 2.76. The molecule has 9 nitrogen and oxygen atoms in total. The quantitative estimate of drug-likeness (QED) is 0.324. The van der Waals surface area contributed by atoms with Crippen molar-refractivity contribution in [1.82, 2.24) is 15.0 Å². The van der Waals surface area contributed by atoms with Crippen molar-refractivity contribution >= 4 is 17.6 Å². The number of hydrogen-bond donors (Lipinski definition) is 3. The van der Waals surface area contributed by atoms with E-state index in [9.17, 15) is 4.39 Å². The Kier molecular flexibility index (Phi) is 5.67. The van der Waals surface area contributed by atoms with Gasteiger partial charge in [-0.05, 0) is 49.4 Å². The predicted octanol–water partition coefficient (Wildman–Crippen LogP) is 2.28. The van der Waals surface area contributed by atoms with Crippen LogP contribution in [0.3, 0.4) is 0 Å². The molecule has 6 N–H and O–H groups in total. The van der Waals surface area contributed by atoms with E-state index in [1.807, 2.05) is 19.1 Å². The van der Waals surface area contributed by atoms with Gasteiger partial charge in [0, 0.05) is 17.2 Å². The van der Waals surface area contributed by atoms with Crippen LogP contribution in [0, 0.1) is 12.7 Å². The number of pyridine rings is 1. The fraction of sp³-hybridized carbons (Fsp3) is 0.227. The molecule has 1 aliphatic carbocycles. The molecule has 0 spiro atoms.